The van der Waals surface area contributed by atoms with Crippen molar-refractivity contribution in [2.24, 2.45) is 0 Å². The molecule has 0 N–H and O–H groups in total. The van der Waals surface area contributed by atoms with Gasteiger partial charge in [-0.1, -0.05) is 91.4 Å². The lowest BCUT2D eigenvalue weighted by atomic mass is 10.2. The molecule has 0 heterocycles. The Hall–Kier alpha value is -1.38. The van der Waals surface area contributed by atoms with E-state index in [1.165, 1.54) is 10.4 Å². The molecule has 0 unspecified atom stereocenters. The van der Waals surface area contributed by atoms with Crippen LogP contribution in [0.5, 0.6) is 0 Å². The molecule has 0 aliphatic heterocycles. The van der Waals surface area contributed by atoms with Crippen molar-refractivity contribution >= 4 is 18.4 Å². The van der Waals surface area contributed by atoms with Crippen LogP contribution in [0.25, 0.3) is 0 Å². The Bertz CT molecular complexity index is 494. The lowest BCUT2D eigenvalue weighted by molar-refractivity contribution is 0.170. The fraction of sp³-hybridized carbons (Fsp3) is 0.333. The van der Waals surface area contributed by atoms with Crippen molar-refractivity contribution in [1.29, 1.82) is 0 Å². The van der Waals surface area contributed by atoms with E-state index in [2.05, 4.69) is 81.1 Å². The van der Waals surface area contributed by atoms with Crippen LogP contribution in [0.4, 0.5) is 0 Å². The topological polar surface area (TPSA) is 9.23 Å². The fourth-order valence-corrected chi connectivity index (χ4v) is 7.04. The predicted molar refractivity (Wildman–Crippen MR) is 89.7 cm³/mol. The summed E-state index contributed by atoms with van der Waals surface area (Å²) in [5.41, 5.74) is 0. The largest absolute Gasteiger partial charge is 0.384 e. The molecule has 2 rings (SSSR count). The van der Waals surface area contributed by atoms with Gasteiger partial charge in [-0.2, -0.15) is 0 Å². The summed E-state index contributed by atoms with van der Waals surface area (Å²) >= 11 is 0. The summed E-state index contributed by atoms with van der Waals surface area (Å²) in [6.07, 6.45) is 0. The molecule has 2 aromatic rings. The van der Waals surface area contributed by atoms with Gasteiger partial charge in [0.1, 0.15) is 8.07 Å². The molecule has 0 bridgehead atoms. The number of hydrogen-bond donors (Lipinski definition) is 0. The van der Waals surface area contributed by atoms with Crippen LogP contribution in [-0.2, 0) is 4.74 Å². The van der Waals surface area contributed by atoms with Crippen molar-refractivity contribution in [3.05, 3.63) is 60.7 Å². The molecule has 0 spiro atoms. The Labute approximate surface area is 123 Å². The predicted octanol–water partition coefficient (Wildman–Crippen LogP) is 3.31. The number of hydrogen-bond acceptors (Lipinski definition) is 1. The van der Waals surface area contributed by atoms with Crippen LogP contribution >= 0.6 is 0 Å². The summed E-state index contributed by atoms with van der Waals surface area (Å²) < 4.78 is 5.53. The zero-order valence-corrected chi connectivity index (χ0v) is 13.9. The van der Waals surface area contributed by atoms with Gasteiger partial charge in [-0.05, 0) is 5.04 Å². The van der Waals surface area contributed by atoms with Gasteiger partial charge in [-0.25, -0.2) is 0 Å². The van der Waals surface area contributed by atoms with Gasteiger partial charge in [0.2, 0.25) is 0 Å². The van der Waals surface area contributed by atoms with E-state index in [0.717, 1.165) is 6.61 Å². The van der Waals surface area contributed by atoms with Gasteiger partial charge in [0.25, 0.3) is 0 Å². The Morgan fingerprint density at radius 2 is 1.25 bits per heavy atom. The highest BCUT2D eigenvalue weighted by molar-refractivity contribution is 7.03. The molecular weight excluding hydrogens is 260 g/mol. The highest BCUT2D eigenvalue weighted by Crippen LogP contribution is 2.36. The van der Waals surface area contributed by atoms with Gasteiger partial charge in [0, 0.05) is 13.7 Å². The SMILES string of the molecule is COCC(C)(C)[Si](C)(c1ccccc1)c1ccccc1. The van der Waals surface area contributed by atoms with Crippen molar-refractivity contribution in [3.8, 4) is 0 Å². The molecule has 0 amide bonds. The molecular formula is C18H24OSi. The highest BCUT2D eigenvalue weighted by atomic mass is 28.3. The third-order valence-corrected chi connectivity index (χ3v) is 10.4. The van der Waals surface area contributed by atoms with E-state index in [9.17, 15) is 0 Å². The van der Waals surface area contributed by atoms with E-state index in [1.807, 2.05) is 0 Å². The summed E-state index contributed by atoms with van der Waals surface area (Å²) in [6, 6.07) is 21.9. The van der Waals surface area contributed by atoms with Crippen LogP contribution in [0.15, 0.2) is 60.7 Å². The second kappa shape index (κ2) is 5.94. The number of rotatable bonds is 5. The third kappa shape index (κ3) is 2.58. The van der Waals surface area contributed by atoms with Gasteiger partial charge in [-0.3, -0.25) is 0 Å². The Morgan fingerprint density at radius 3 is 1.60 bits per heavy atom. The van der Waals surface area contributed by atoms with Gasteiger partial charge in [0.05, 0.1) is 0 Å². The Morgan fingerprint density at radius 1 is 0.850 bits per heavy atom. The quantitative estimate of drug-likeness (QED) is 0.766. The molecule has 0 aliphatic rings. The third-order valence-electron chi connectivity index (χ3n) is 4.56. The normalized spacial score (nSPS) is 12.4. The number of methoxy groups -OCH3 is 1. The summed E-state index contributed by atoms with van der Waals surface area (Å²) in [5, 5.41) is 3.06. The van der Waals surface area contributed by atoms with E-state index in [0.29, 0.717) is 0 Å². The maximum atomic E-state index is 5.53. The lowest BCUT2D eigenvalue weighted by Gasteiger charge is -2.43. The van der Waals surface area contributed by atoms with Crippen molar-refractivity contribution in [1.82, 2.24) is 0 Å². The Kier molecular flexibility index (Phi) is 4.46. The van der Waals surface area contributed by atoms with Crippen LogP contribution in [0.3, 0.4) is 0 Å². The second-order valence-electron chi connectivity index (χ2n) is 6.17. The van der Waals surface area contributed by atoms with Crippen LogP contribution in [0.1, 0.15) is 13.8 Å². The molecule has 2 heteroatoms. The Balaban J connectivity index is 2.61. The first-order chi connectivity index (χ1) is 9.52. The number of ether oxygens (including phenoxy) is 1. The fourth-order valence-electron chi connectivity index (χ4n) is 3.00. The zero-order valence-electron chi connectivity index (χ0n) is 12.9. The molecule has 0 aromatic heterocycles. The van der Waals surface area contributed by atoms with Crippen LogP contribution in [0.2, 0.25) is 11.6 Å². The average Bonchev–Trinajstić information content (AvgIpc) is 2.48. The molecule has 0 atom stereocenters. The minimum absolute atomic E-state index is 0.129. The highest BCUT2D eigenvalue weighted by Gasteiger charge is 2.46. The maximum Gasteiger partial charge on any atom is 0.122 e. The average molecular weight is 284 g/mol. The van der Waals surface area contributed by atoms with E-state index in [-0.39, 0.29) is 5.04 Å². The van der Waals surface area contributed by atoms with Crippen molar-refractivity contribution in [2.45, 2.75) is 25.4 Å². The molecule has 20 heavy (non-hydrogen) atoms. The first-order valence-corrected chi connectivity index (χ1v) is 9.62. The molecule has 0 fully saturated rings. The summed E-state index contributed by atoms with van der Waals surface area (Å²) in [6.45, 7) is 7.90. The molecule has 1 nitrogen and oxygen atoms in total. The zero-order chi connectivity index (χ0) is 14.6. The minimum atomic E-state index is -1.88. The van der Waals surface area contributed by atoms with Gasteiger partial charge < -0.3 is 4.74 Å². The first kappa shape index (κ1) is 15.0. The minimum Gasteiger partial charge on any atom is -0.384 e. The van der Waals surface area contributed by atoms with Crippen molar-refractivity contribution in [3.63, 3.8) is 0 Å². The monoisotopic (exact) mass is 284 g/mol. The molecule has 2 aromatic carbocycles. The second-order valence-corrected chi connectivity index (χ2v) is 10.9. The van der Waals surface area contributed by atoms with Crippen molar-refractivity contribution in [2.75, 3.05) is 13.7 Å². The standard InChI is InChI=1S/C18H24OSi/c1-18(2,15-19-3)20(4,16-11-7-5-8-12-16)17-13-9-6-10-14-17/h5-14H,15H2,1-4H3. The maximum absolute atomic E-state index is 5.53. The van der Waals surface area contributed by atoms with E-state index < -0.39 is 8.07 Å². The molecule has 0 saturated carbocycles. The molecule has 106 valence electrons. The van der Waals surface area contributed by atoms with E-state index >= 15 is 0 Å². The van der Waals surface area contributed by atoms with Crippen molar-refractivity contribution < 1.29 is 4.74 Å². The smallest absolute Gasteiger partial charge is 0.122 e. The summed E-state index contributed by atoms with van der Waals surface area (Å²) in [7, 11) is -0.0771. The van der Waals surface area contributed by atoms with Gasteiger partial charge in [-0.15, -0.1) is 0 Å². The van der Waals surface area contributed by atoms with Crippen LogP contribution < -0.4 is 10.4 Å². The van der Waals surface area contributed by atoms with Crippen LogP contribution in [0, 0.1) is 0 Å². The van der Waals surface area contributed by atoms with E-state index in [4.69, 9.17) is 4.74 Å². The number of benzene rings is 2. The van der Waals surface area contributed by atoms with Gasteiger partial charge >= 0.3 is 0 Å². The molecule has 0 aliphatic carbocycles. The lowest BCUT2D eigenvalue weighted by Crippen LogP contribution is -2.63. The molecule has 0 radical (unpaired) electrons. The first-order valence-electron chi connectivity index (χ1n) is 7.12. The summed E-state index contributed by atoms with van der Waals surface area (Å²) in [5.74, 6) is 0. The van der Waals surface area contributed by atoms with Crippen LogP contribution in [-0.4, -0.2) is 21.8 Å². The molecule has 0 saturated heterocycles. The van der Waals surface area contributed by atoms with E-state index in [1.54, 1.807) is 7.11 Å². The summed E-state index contributed by atoms with van der Waals surface area (Å²) in [4.78, 5) is 0. The van der Waals surface area contributed by atoms with Gasteiger partial charge in [0.15, 0.2) is 0 Å².